The first-order valence-corrected chi connectivity index (χ1v) is 8.22. The van der Waals surface area contributed by atoms with Crippen LogP contribution in [-0.2, 0) is 0 Å². The summed E-state index contributed by atoms with van der Waals surface area (Å²) < 4.78 is 0. The first kappa shape index (κ1) is 14.9. The number of aromatic nitrogens is 1. The van der Waals surface area contributed by atoms with Crippen LogP contribution in [0.2, 0.25) is 0 Å². The normalized spacial score (nSPS) is 25.7. The van der Waals surface area contributed by atoms with Gasteiger partial charge >= 0.3 is 0 Å². The summed E-state index contributed by atoms with van der Waals surface area (Å²) in [6, 6.07) is 1.07. The van der Waals surface area contributed by atoms with Crippen LogP contribution < -0.4 is 5.32 Å². The topological polar surface area (TPSA) is 28.2 Å². The lowest BCUT2D eigenvalue weighted by atomic mass is 9.91. The lowest BCUT2D eigenvalue weighted by Crippen LogP contribution is -2.63. The molecular formula is C15H27N3S. The van der Waals surface area contributed by atoms with Gasteiger partial charge in [0.05, 0.1) is 6.04 Å². The molecule has 19 heavy (non-hydrogen) atoms. The van der Waals surface area contributed by atoms with E-state index in [-0.39, 0.29) is 5.54 Å². The highest BCUT2D eigenvalue weighted by atomic mass is 32.1. The summed E-state index contributed by atoms with van der Waals surface area (Å²) in [6.45, 7) is 13.7. The summed E-state index contributed by atoms with van der Waals surface area (Å²) in [5.41, 5.74) is 0.191. The maximum Gasteiger partial charge on any atom is 0.110 e. The zero-order chi connectivity index (χ0) is 14.0. The van der Waals surface area contributed by atoms with Crippen LogP contribution in [-0.4, -0.2) is 34.6 Å². The number of hydrogen-bond acceptors (Lipinski definition) is 4. The van der Waals surface area contributed by atoms with Gasteiger partial charge in [-0.2, -0.15) is 0 Å². The molecule has 0 bridgehead atoms. The second kappa shape index (κ2) is 5.90. The van der Waals surface area contributed by atoms with E-state index in [1.165, 1.54) is 5.01 Å². The fourth-order valence-electron chi connectivity index (χ4n) is 3.04. The molecule has 0 saturated carbocycles. The molecule has 1 N–H and O–H groups in total. The van der Waals surface area contributed by atoms with Crippen molar-refractivity contribution in [3.8, 4) is 0 Å². The summed E-state index contributed by atoms with van der Waals surface area (Å²) in [5, 5.41) is 7.05. The Labute approximate surface area is 121 Å². The van der Waals surface area contributed by atoms with Crippen molar-refractivity contribution >= 4 is 11.3 Å². The summed E-state index contributed by atoms with van der Waals surface area (Å²) in [5.74, 6) is 0.664. The highest BCUT2D eigenvalue weighted by molar-refractivity contribution is 7.09. The number of nitrogens with one attached hydrogen (secondary N) is 1. The van der Waals surface area contributed by atoms with Gasteiger partial charge in [0.15, 0.2) is 0 Å². The first-order chi connectivity index (χ1) is 8.94. The zero-order valence-electron chi connectivity index (χ0n) is 12.8. The van der Waals surface area contributed by atoms with Gasteiger partial charge in [0.25, 0.3) is 0 Å². The lowest BCUT2D eigenvalue weighted by molar-refractivity contribution is 0.0291. The minimum absolute atomic E-state index is 0.191. The van der Waals surface area contributed by atoms with Gasteiger partial charge in [-0.1, -0.05) is 20.8 Å². The van der Waals surface area contributed by atoms with Gasteiger partial charge in [0.1, 0.15) is 5.01 Å². The van der Waals surface area contributed by atoms with Crippen LogP contribution in [0.15, 0.2) is 11.6 Å². The van der Waals surface area contributed by atoms with Crippen LogP contribution in [0.3, 0.4) is 0 Å². The van der Waals surface area contributed by atoms with Gasteiger partial charge in [0.2, 0.25) is 0 Å². The Balaban J connectivity index is 2.25. The van der Waals surface area contributed by atoms with E-state index >= 15 is 0 Å². The predicted molar refractivity (Wildman–Crippen MR) is 82.6 cm³/mol. The summed E-state index contributed by atoms with van der Waals surface area (Å²) in [4.78, 5) is 7.24. The van der Waals surface area contributed by atoms with Crippen LogP contribution in [0, 0.1) is 5.92 Å². The van der Waals surface area contributed by atoms with Crippen molar-refractivity contribution in [1.82, 2.24) is 15.2 Å². The average molecular weight is 281 g/mol. The summed E-state index contributed by atoms with van der Waals surface area (Å²) in [7, 11) is 0. The average Bonchev–Trinajstić information content (AvgIpc) is 2.82. The van der Waals surface area contributed by atoms with E-state index in [0.717, 1.165) is 19.5 Å². The van der Waals surface area contributed by atoms with Crippen molar-refractivity contribution in [2.75, 3.05) is 13.1 Å². The van der Waals surface area contributed by atoms with Crippen molar-refractivity contribution < 1.29 is 0 Å². The van der Waals surface area contributed by atoms with Gasteiger partial charge in [-0.3, -0.25) is 4.90 Å². The molecule has 1 aliphatic rings. The van der Waals surface area contributed by atoms with Crippen molar-refractivity contribution in [1.29, 1.82) is 0 Å². The minimum Gasteiger partial charge on any atom is -0.309 e. The van der Waals surface area contributed by atoms with E-state index in [9.17, 15) is 0 Å². The Hall–Kier alpha value is -0.450. The highest BCUT2D eigenvalue weighted by Crippen LogP contribution is 2.33. The number of thiazole rings is 1. The molecule has 4 heteroatoms. The molecule has 0 radical (unpaired) electrons. The molecule has 2 heterocycles. The van der Waals surface area contributed by atoms with Crippen molar-refractivity contribution in [2.24, 2.45) is 5.92 Å². The monoisotopic (exact) mass is 281 g/mol. The van der Waals surface area contributed by atoms with Crippen LogP contribution >= 0.6 is 11.3 Å². The van der Waals surface area contributed by atoms with Crippen LogP contribution in [0.1, 0.15) is 52.1 Å². The molecule has 1 aromatic rings. The molecule has 0 spiro atoms. The number of piperazine rings is 1. The van der Waals surface area contributed by atoms with Crippen molar-refractivity contribution in [3.63, 3.8) is 0 Å². The molecule has 0 aromatic carbocycles. The summed E-state index contributed by atoms with van der Waals surface area (Å²) >= 11 is 1.79. The van der Waals surface area contributed by atoms with E-state index < -0.39 is 0 Å². The molecule has 1 fully saturated rings. The van der Waals surface area contributed by atoms with E-state index in [0.29, 0.717) is 18.0 Å². The fourth-order valence-corrected chi connectivity index (χ4v) is 3.88. The molecule has 0 aliphatic carbocycles. The van der Waals surface area contributed by atoms with E-state index in [1.54, 1.807) is 11.3 Å². The van der Waals surface area contributed by atoms with Gasteiger partial charge < -0.3 is 5.32 Å². The van der Waals surface area contributed by atoms with E-state index in [2.05, 4.69) is 55.2 Å². The molecule has 0 amide bonds. The second-order valence-electron chi connectivity index (χ2n) is 6.54. The maximum atomic E-state index is 4.56. The van der Waals surface area contributed by atoms with Gasteiger partial charge in [0, 0.05) is 36.2 Å². The molecule has 2 rings (SSSR count). The van der Waals surface area contributed by atoms with E-state index in [4.69, 9.17) is 0 Å². The van der Waals surface area contributed by atoms with Gasteiger partial charge in [-0.05, 0) is 26.2 Å². The highest BCUT2D eigenvalue weighted by Gasteiger charge is 2.38. The fraction of sp³-hybridized carbons (Fsp3) is 0.800. The summed E-state index contributed by atoms with van der Waals surface area (Å²) in [6.07, 6.45) is 3.06. The van der Waals surface area contributed by atoms with Gasteiger partial charge in [-0.15, -0.1) is 11.3 Å². The maximum absolute atomic E-state index is 4.56. The molecular weight excluding hydrogens is 254 g/mol. The molecule has 1 saturated heterocycles. The van der Waals surface area contributed by atoms with Gasteiger partial charge in [-0.25, -0.2) is 4.98 Å². The van der Waals surface area contributed by atoms with Crippen molar-refractivity contribution in [2.45, 2.75) is 58.7 Å². The third-order valence-electron chi connectivity index (χ3n) is 4.09. The molecule has 1 aliphatic heterocycles. The smallest absolute Gasteiger partial charge is 0.110 e. The van der Waals surface area contributed by atoms with E-state index in [1.807, 2.05) is 6.20 Å². The zero-order valence-corrected chi connectivity index (χ0v) is 13.6. The molecule has 108 valence electrons. The molecule has 2 atom stereocenters. The standard InChI is InChI=1S/C15H27N3S/c1-6-12(14-16-7-8-19-14)18-10-15(4,5)17-9-13(18)11(2)3/h7-8,11-13,17H,6,9-10H2,1-5H3. The van der Waals surface area contributed by atoms with Crippen LogP contribution in [0.4, 0.5) is 0 Å². The Morgan fingerprint density at radius 3 is 2.79 bits per heavy atom. The first-order valence-electron chi connectivity index (χ1n) is 7.35. The minimum atomic E-state index is 0.191. The third kappa shape index (κ3) is 3.36. The van der Waals surface area contributed by atoms with Crippen LogP contribution in [0.25, 0.3) is 0 Å². The predicted octanol–water partition coefficient (Wildman–Crippen LogP) is 3.30. The Bertz CT molecular complexity index is 386. The van der Waals surface area contributed by atoms with Crippen LogP contribution in [0.5, 0.6) is 0 Å². The largest absolute Gasteiger partial charge is 0.309 e. The third-order valence-corrected chi connectivity index (χ3v) is 4.96. The SMILES string of the molecule is CCC(c1nccs1)N1CC(C)(C)NCC1C(C)C. The second-order valence-corrected chi connectivity index (χ2v) is 7.47. The molecule has 1 aromatic heterocycles. The number of hydrogen-bond donors (Lipinski definition) is 1. The molecule has 2 unspecified atom stereocenters. The quantitative estimate of drug-likeness (QED) is 0.918. The molecule has 3 nitrogen and oxygen atoms in total. The Kier molecular flexibility index (Phi) is 4.64. The number of nitrogens with zero attached hydrogens (tertiary/aromatic N) is 2. The Morgan fingerprint density at radius 1 is 1.53 bits per heavy atom. The van der Waals surface area contributed by atoms with Crippen molar-refractivity contribution in [3.05, 3.63) is 16.6 Å². The Morgan fingerprint density at radius 2 is 2.26 bits per heavy atom. The number of rotatable bonds is 4. The lowest BCUT2D eigenvalue weighted by Gasteiger charge is -2.49.